The van der Waals surface area contributed by atoms with Crippen molar-refractivity contribution in [1.29, 1.82) is 0 Å². The number of phenols is 1. The van der Waals surface area contributed by atoms with E-state index in [1.54, 1.807) is 16.4 Å². The molecule has 2 aliphatic rings. The molecule has 0 bridgehead atoms. The number of aryl methyl sites for hydroxylation is 1. The summed E-state index contributed by atoms with van der Waals surface area (Å²) in [4.78, 5) is 8.90. The first kappa shape index (κ1) is 26.7. The number of halogens is 4. The molecule has 1 unspecified atom stereocenters. The molecule has 2 fully saturated rings. The van der Waals surface area contributed by atoms with Gasteiger partial charge in [-0.2, -0.15) is 13.2 Å². The molecule has 0 spiro atoms. The van der Waals surface area contributed by atoms with Gasteiger partial charge in [-0.3, -0.25) is 0 Å². The van der Waals surface area contributed by atoms with Crippen molar-refractivity contribution in [2.75, 3.05) is 26.2 Å². The highest BCUT2D eigenvalue weighted by Crippen LogP contribution is 2.37. The van der Waals surface area contributed by atoms with Crippen LogP contribution < -0.4 is 11.1 Å². The van der Waals surface area contributed by atoms with Crippen LogP contribution in [0.2, 0.25) is 5.02 Å². The van der Waals surface area contributed by atoms with Crippen LogP contribution in [0.25, 0.3) is 0 Å². The zero-order valence-corrected chi connectivity index (χ0v) is 19.0. The quantitative estimate of drug-likeness (QED) is 0.498. The van der Waals surface area contributed by atoms with Crippen LogP contribution in [0.1, 0.15) is 36.4 Å². The standard InChI is InChI=1S/C17H26ClN3O3S.C2HF3O2/c1-11-8-16(22)14(9-15(11)18)17(19)12-3-6-21(7-4-12)25(23,24)13-2-5-20-10-13;3-2(4,5)1(6)7/h8-9,12-13,17,20,22H,2-7,10,19H2,1H3;(H,6,7)/t13?,17-;/m1./s1. The molecular weight excluding hydrogens is 475 g/mol. The molecule has 3 rings (SSSR count). The molecule has 1 aromatic carbocycles. The van der Waals surface area contributed by atoms with Crippen molar-refractivity contribution in [2.24, 2.45) is 11.7 Å². The highest BCUT2D eigenvalue weighted by atomic mass is 35.5. The number of aromatic hydroxyl groups is 1. The second kappa shape index (κ2) is 10.6. The number of carbonyl (C=O) groups is 1. The van der Waals surface area contributed by atoms with Gasteiger partial charge in [0, 0.05) is 36.3 Å². The molecule has 2 aliphatic heterocycles. The third kappa shape index (κ3) is 6.47. The molecule has 0 radical (unpaired) electrons. The number of nitrogens with one attached hydrogen (secondary N) is 1. The fourth-order valence-corrected chi connectivity index (χ4v) is 5.84. The summed E-state index contributed by atoms with van der Waals surface area (Å²) in [6, 6.07) is 3.00. The number of sulfonamides is 1. The Morgan fingerprint density at radius 1 is 1.28 bits per heavy atom. The average molecular weight is 502 g/mol. The van der Waals surface area contributed by atoms with Gasteiger partial charge >= 0.3 is 12.1 Å². The average Bonchev–Trinajstić information content (AvgIpc) is 3.26. The number of carboxylic acids is 1. The lowest BCUT2D eigenvalue weighted by Gasteiger charge is -2.35. The van der Waals surface area contributed by atoms with Crippen molar-refractivity contribution in [2.45, 2.75) is 43.7 Å². The molecule has 0 saturated carbocycles. The maximum atomic E-state index is 12.7. The molecule has 13 heteroatoms. The molecule has 2 saturated heterocycles. The molecule has 0 amide bonds. The smallest absolute Gasteiger partial charge is 0.490 e. The lowest BCUT2D eigenvalue weighted by molar-refractivity contribution is -0.192. The summed E-state index contributed by atoms with van der Waals surface area (Å²) >= 11 is 6.16. The van der Waals surface area contributed by atoms with Gasteiger partial charge in [-0.15, -0.1) is 0 Å². The number of aliphatic carboxylic acids is 1. The zero-order chi connectivity index (χ0) is 24.3. The van der Waals surface area contributed by atoms with Crippen LogP contribution in [0.15, 0.2) is 12.1 Å². The topological polar surface area (TPSA) is 133 Å². The lowest BCUT2D eigenvalue weighted by atomic mass is 9.86. The van der Waals surface area contributed by atoms with Gasteiger partial charge in [-0.05, 0) is 56.3 Å². The van der Waals surface area contributed by atoms with Gasteiger partial charge in [0.2, 0.25) is 10.0 Å². The summed E-state index contributed by atoms with van der Waals surface area (Å²) in [5.74, 6) is -2.48. The fraction of sp³-hybridized carbons (Fsp3) is 0.632. The highest BCUT2D eigenvalue weighted by Gasteiger charge is 2.38. The summed E-state index contributed by atoms with van der Waals surface area (Å²) in [6.07, 6.45) is -3.03. The van der Waals surface area contributed by atoms with Crippen molar-refractivity contribution in [1.82, 2.24) is 9.62 Å². The van der Waals surface area contributed by atoms with E-state index in [0.29, 0.717) is 49.5 Å². The van der Waals surface area contributed by atoms with Crippen LogP contribution in [-0.2, 0) is 14.8 Å². The third-order valence-electron chi connectivity index (χ3n) is 5.71. The van der Waals surface area contributed by atoms with Gasteiger partial charge in [0.15, 0.2) is 0 Å². The van der Waals surface area contributed by atoms with E-state index in [1.165, 1.54) is 0 Å². The molecule has 0 aliphatic carbocycles. The van der Waals surface area contributed by atoms with Gasteiger partial charge in [0.05, 0.1) is 5.25 Å². The first-order chi connectivity index (χ1) is 14.7. The maximum absolute atomic E-state index is 12.7. The van der Waals surface area contributed by atoms with E-state index in [1.807, 2.05) is 6.92 Å². The Morgan fingerprint density at radius 3 is 2.31 bits per heavy atom. The van der Waals surface area contributed by atoms with Crippen LogP contribution in [0.3, 0.4) is 0 Å². The van der Waals surface area contributed by atoms with Gasteiger partial charge in [-0.1, -0.05) is 11.6 Å². The predicted octanol–water partition coefficient (Wildman–Crippen LogP) is 2.39. The second-order valence-corrected chi connectivity index (χ2v) is 10.5. The second-order valence-electron chi connectivity index (χ2n) is 7.89. The molecular formula is C19H27ClF3N3O5S. The van der Waals surface area contributed by atoms with Crippen LogP contribution in [-0.4, -0.2) is 66.5 Å². The Hall–Kier alpha value is -1.60. The minimum absolute atomic E-state index is 0.123. The van der Waals surface area contributed by atoms with Crippen LogP contribution in [0.4, 0.5) is 13.2 Å². The van der Waals surface area contributed by atoms with E-state index in [9.17, 15) is 26.7 Å². The van der Waals surface area contributed by atoms with Gasteiger partial charge in [0.25, 0.3) is 0 Å². The first-order valence-corrected chi connectivity index (χ1v) is 11.9. The fourth-order valence-electron chi connectivity index (χ4n) is 3.79. The van der Waals surface area contributed by atoms with Gasteiger partial charge < -0.3 is 21.3 Å². The summed E-state index contributed by atoms with van der Waals surface area (Å²) in [5, 5.41) is 20.7. The Kier molecular flexibility index (Phi) is 8.79. The SMILES string of the molecule is Cc1cc(O)c([C@H](N)C2CCN(S(=O)(=O)C3CCNC3)CC2)cc1Cl.O=C(O)C(F)(F)F. The lowest BCUT2D eigenvalue weighted by Crippen LogP contribution is -2.45. The number of phenolic OH excluding ortho intramolecular Hbond substituents is 1. The van der Waals surface area contributed by atoms with Crippen molar-refractivity contribution in [3.05, 3.63) is 28.3 Å². The van der Waals surface area contributed by atoms with E-state index >= 15 is 0 Å². The van der Waals surface area contributed by atoms with Crippen molar-refractivity contribution < 1.29 is 36.6 Å². The van der Waals surface area contributed by atoms with Gasteiger partial charge in [-0.25, -0.2) is 17.5 Å². The first-order valence-electron chi connectivity index (χ1n) is 9.99. The minimum Gasteiger partial charge on any atom is -0.508 e. The van der Waals surface area contributed by atoms with E-state index in [0.717, 1.165) is 12.1 Å². The van der Waals surface area contributed by atoms with E-state index in [-0.39, 0.29) is 23.0 Å². The van der Waals surface area contributed by atoms with E-state index in [4.69, 9.17) is 27.2 Å². The Bertz CT molecular complexity index is 916. The zero-order valence-electron chi connectivity index (χ0n) is 17.4. The number of rotatable bonds is 4. The molecule has 1 aromatic rings. The molecule has 8 nitrogen and oxygen atoms in total. The number of hydrogen-bond donors (Lipinski definition) is 4. The number of hydrogen-bond acceptors (Lipinski definition) is 6. The minimum atomic E-state index is -5.08. The van der Waals surface area contributed by atoms with E-state index < -0.39 is 22.2 Å². The molecule has 5 N–H and O–H groups in total. The number of carboxylic acid groups (broad SMARTS) is 1. The third-order valence-corrected chi connectivity index (χ3v) is 8.45. The normalized spacial score (nSPS) is 21.6. The molecule has 182 valence electrons. The molecule has 0 aromatic heterocycles. The van der Waals surface area contributed by atoms with Crippen molar-refractivity contribution in [3.63, 3.8) is 0 Å². The predicted molar refractivity (Wildman–Crippen MR) is 113 cm³/mol. The number of nitrogens with two attached hydrogens (primary N) is 1. The molecule has 32 heavy (non-hydrogen) atoms. The Balaban J connectivity index is 0.000000451. The van der Waals surface area contributed by atoms with Gasteiger partial charge in [0.1, 0.15) is 5.75 Å². The van der Waals surface area contributed by atoms with Crippen LogP contribution in [0.5, 0.6) is 5.75 Å². The highest BCUT2D eigenvalue weighted by molar-refractivity contribution is 7.89. The van der Waals surface area contributed by atoms with Crippen LogP contribution in [0, 0.1) is 12.8 Å². The van der Waals surface area contributed by atoms with Crippen molar-refractivity contribution in [3.8, 4) is 5.75 Å². The monoisotopic (exact) mass is 501 g/mol. The number of nitrogens with zero attached hydrogens (tertiary/aromatic N) is 1. The largest absolute Gasteiger partial charge is 0.508 e. The van der Waals surface area contributed by atoms with E-state index in [2.05, 4.69) is 5.32 Å². The summed E-state index contributed by atoms with van der Waals surface area (Å²) in [7, 11) is -3.24. The molecule has 2 atom stereocenters. The summed E-state index contributed by atoms with van der Waals surface area (Å²) in [6.45, 7) is 4.10. The number of benzene rings is 1. The molecule has 2 heterocycles. The summed E-state index contributed by atoms with van der Waals surface area (Å²) in [5.41, 5.74) is 7.81. The number of alkyl halides is 3. The van der Waals surface area contributed by atoms with Crippen molar-refractivity contribution >= 4 is 27.6 Å². The number of piperidine rings is 1. The summed E-state index contributed by atoms with van der Waals surface area (Å²) < 4.78 is 58.7. The Labute approximate surface area is 189 Å². The van der Waals surface area contributed by atoms with Crippen LogP contribution >= 0.6 is 11.6 Å². The Morgan fingerprint density at radius 2 is 1.84 bits per heavy atom. The maximum Gasteiger partial charge on any atom is 0.490 e.